The predicted molar refractivity (Wildman–Crippen MR) is 118 cm³/mol. The van der Waals surface area contributed by atoms with Crippen molar-refractivity contribution in [1.82, 2.24) is 10.6 Å². The highest BCUT2D eigenvalue weighted by Gasteiger charge is 2.27. The minimum atomic E-state index is -0.454. The molecule has 6 nitrogen and oxygen atoms in total. The standard InChI is InChI=1S/C25H30N2O4/c1-16-4-8-20-18(14-16)6-10-22(30-20)24(28)26-12-3-13-27-25(29)23-11-7-19-15-17(2)5-9-21(19)31-23/h4-5,8-9,14-15,22-23H,3,6-7,10-13H2,1-2H3,(H,26,28)(H,27,29). The van der Waals surface area contributed by atoms with Crippen LogP contribution in [0.5, 0.6) is 11.5 Å². The van der Waals surface area contributed by atoms with Crippen molar-refractivity contribution in [3.8, 4) is 11.5 Å². The van der Waals surface area contributed by atoms with E-state index in [2.05, 4.69) is 36.6 Å². The van der Waals surface area contributed by atoms with E-state index in [-0.39, 0.29) is 11.8 Å². The van der Waals surface area contributed by atoms with E-state index in [4.69, 9.17) is 9.47 Å². The second kappa shape index (κ2) is 9.41. The van der Waals surface area contributed by atoms with E-state index in [0.717, 1.165) is 35.5 Å². The molecule has 2 atom stereocenters. The third kappa shape index (κ3) is 5.19. The molecule has 2 N–H and O–H groups in total. The zero-order valence-electron chi connectivity index (χ0n) is 18.2. The number of aryl methyl sites for hydroxylation is 4. The first-order chi connectivity index (χ1) is 15.0. The summed E-state index contributed by atoms with van der Waals surface area (Å²) in [5.41, 5.74) is 4.72. The molecule has 164 valence electrons. The largest absolute Gasteiger partial charge is 0.480 e. The maximum absolute atomic E-state index is 12.4. The molecule has 0 saturated heterocycles. The van der Waals surface area contributed by atoms with E-state index in [0.29, 0.717) is 32.4 Å². The molecule has 2 aromatic rings. The molecule has 0 fully saturated rings. The van der Waals surface area contributed by atoms with Crippen LogP contribution in [0.4, 0.5) is 0 Å². The number of carbonyl (C=O) groups is 2. The first-order valence-electron chi connectivity index (χ1n) is 11.1. The summed E-state index contributed by atoms with van der Waals surface area (Å²) in [6.07, 6.45) is 2.79. The highest BCUT2D eigenvalue weighted by molar-refractivity contribution is 5.82. The van der Waals surface area contributed by atoms with E-state index < -0.39 is 12.2 Å². The average molecular weight is 423 g/mol. The van der Waals surface area contributed by atoms with E-state index in [9.17, 15) is 9.59 Å². The van der Waals surface area contributed by atoms with Gasteiger partial charge in [0.05, 0.1) is 0 Å². The third-order valence-corrected chi connectivity index (χ3v) is 5.86. The maximum Gasteiger partial charge on any atom is 0.261 e. The molecular formula is C25H30N2O4. The maximum atomic E-state index is 12.4. The van der Waals surface area contributed by atoms with Crippen molar-refractivity contribution in [3.05, 3.63) is 58.7 Å². The van der Waals surface area contributed by atoms with Crippen LogP contribution in [0.2, 0.25) is 0 Å². The Hall–Kier alpha value is -3.02. The molecule has 0 radical (unpaired) electrons. The van der Waals surface area contributed by atoms with E-state index in [1.165, 1.54) is 11.1 Å². The summed E-state index contributed by atoms with van der Waals surface area (Å²) in [6, 6.07) is 12.1. The fraction of sp³-hybridized carbons (Fsp3) is 0.440. The number of hydrogen-bond donors (Lipinski definition) is 2. The Morgan fingerprint density at radius 1 is 0.806 bits per heavy atom. The summed E-state index contributed by atoms with van der Waals surface area (Å²) >= 11 is 0. The molecule has 0 spiro atoms. The first kappa shape index (κ1) is 21.2. The monoisotopic (exact) mass is 422 g/mol. The van der Waals surface area contributed by atoms with Crippen LogP contribution in [0, 0.1) is 13.8 Å². The molecule has 2 unspecified atom stereocenters. The summed E-state index contributed by atoms with van der Waals surface area (Å²) in [4.78, 5) is 24.8. The van der Waals surface area contributed by atoms with Crippen LogP contribution in [0.3, 0.4) is 0 Å². The fourth-order valence-electron chi connectivity index (χ4n) is 4.14. The van der Waals surface area contributed by atoms with Crippen LogP contribution in [0.25, 0.3) is 0 Å². The predicted octanol–water partition coefficient (Wildman–Crippen LogP) is 3.01. The molecule has 2 heterocycles. The van der Waals surface area contributed by atoms with Gasteiger partial charge in [-0.3, -0.25) is 9.59 Å². The Kier molecular flexibility index (Phi) is 6.44. The fourth-order valence-corrected chi connectivity index (χ4v) is 4.14. The molecule has 2 aliphatic rings. The number of benzene rings is 2. The Labute approximate surface area is 183 Å². The number of ether oxygens (including phenoxy) is 2. The normalized spacial score (nSPS) is 19.3. The molecule has 4 rings (SSSR count). The van der Waals surface area contributed by atoms with Crippen molar-refractivity contribution in [1.29, 1.82) is 0 Å². The molecular weight excluding hydrogens is 392 g/mol. The smallest absolute Gasteiger partial charge is 0.261 e. The van der Waals surface area contributed by atoms with Crippen LogP contribution in [-0.2, 0) is 22.4 Å². The van der Waals surface area contributed by atoms with Gasteiger partial charge in [0, 0.05) is 13.1 Å². The third-order valence-electron chi connectivity index (χ3n) is 5.86. The lowest BCUT2D eigenvalue weighted by Gasteiger charge is -2.26. The van der Waals surface area contributed by atoms with Gasteiger partial charge in [0.2, 0.25) is 0 Å². The van der Waals surface area contributed by atoms with Gasteiger partial charge in [-0.25, -0.2) is 0 Å². The first-order valence-corrected chi connectivity index (χ1v) is 11.1. The van der Waals surface area contributed by atoms with Crippen molar-refractivity contribution in [3.63, 3.8) is 0 Å². The van der Waals surface area contributed by atoms with E-state index >= 15 is 0 Å². The lowest BCUT2D eigenvalue weighted by atomic mass is 10.00. The van der Waals surface area contributed by atoms with Crippen LogP contribution < -0.4 is 20.1 Å². The zero-order chi connectivity index (χ0) is 21.8. The SMILES string of the molecule is Cc1ccc2c(c1)CCC(C(=O)NCCCNC(=O)C1CCc3cc(C)ccc3O1)O2. The number of hydrogen-bond acceptors (Lipinski definition) is 4. The minimum absolute atomic E-state index is 0.0972. The topological polar surface area (TPSA) is 76.7 Å². The summed E-state index contributed by atoms with van der Waals surface area (Å²) in [7, 11) is 0. The Balaban J connectivity index is 1.15. The molecule has 6 heteroatoms. The van der Waals surface area contributed by atoms with Gasteiger partial charge in [-0.15, -0.1) is 0 Å². The van der Waals surface area contributed by atoms with Gasteiger partial charge in [-0.1, -0.05) is 35.4 Å². The second-order valence-electron chi connectivity index (χ2n) is 8.45. The van der Waals surface area contributed by atoms with Gasteiger partial charge in [0.15, 0.2) is 12.2 Å². The summed E-state index contributed by atoms with van der Waals surface area (Å²) in [6.45, 7) is 5.09. The van der Waals surface area contributed by atoms with Crippen molar-refractivity contribution >= 4 is 11.8 Å². The van der Waals surface area contributed by atoms with Crippen LogP contribution in [-0.4, -0.2) is 37.1 Å². The van der Waals surface area contributed by atoms with Crippen molar-refractivity contribution in [2.24, 2.45) is 0 Å². The van der Waals surface area contributed by atoms with Crippen LogP contribution in [0.1, 0.15) is 41.5 Å². The summed E-state index contributed by atoms with van der Waals surface area (Å²) in [5.74, 6) is 1.40. The molecule has 2 aliphatic heterocycles. The number of nitrogens with one attached hydrogen (secondary N) is 2. The number of fused-ring (bicyclic) bond motifs is 2. The molecule has 0 aliphatic carbocycles. The van der Waals surface area contributed by atoms with Gasteiger partial charge >= 0.3 is 0 Å². The summed E-state index contributed by atoms with van der Waals surface area (Å²) < 4.78 is 11.7. The van der Waals surface area contributed by atoms with Crippen molar-refractivity contribution < 1.29 is 19.1 Å². The lowest BCUT2D eigenvalue weighted by Crippen LogP contribution is -2.43. The number of rotatable bonds is 6. The Bertz CT molecular complexity index is 894. The summed E-state index contributed by atoms with van der Waals surface area (Å²) in [5, 5.41) is 5.84. The molecule has 31 heavy (non-hydrogen) atoms. The van der Waals surface area contributed by atoms with E-state index in [1.54, 1.807) is 0 Å². The minimum Gasteiger partial charge on any atom is -0.480 e. The van der Waals surface area contributed by atoms with Gasteiger partial charge in [0.1, 0.15) is 11.5 Å². The highest BCUT2D eigenvalue weighted by atomic mass is 16.5. The molecule has 0 aromatic heterocycles. The van der Waals surface area contributed by atoms with E-state index in [1.807, 2.05) is 24.3 Å². The van der Waals surface area contributed by atoms with Gasteiger partial charge in [-0.2, -0.15) is 0 Å². The molecule has 0 bridgehead atoms. The highest BCUT2D eigenvalue weighted by Crippen LogP contribution is 2.29. The van der Waals surface area contributed by atoms with Crippen LogP contribution in [0.15, 0.2) is 36.4 Å². The zero-order valence-corrected chi connectivity index (χ0v) is 18.2. The van der Waals surface area contributed by atoms with Gasteiger partial charge in [0.25, 0.3) is 11.8 Å². The van der Waals surface area contributed by atoms with Crippen molar-refractivity contribution in [2.75, 3.05) is 13.1 Å². The number of carbonyl (C=O) groups excluding carboxylic acids is 2. The van der Waals surface area contributed by atoms with Crippen molar-refractivity contribution in [2.45, 2.75) is 58.2 Å². The molecule has 2 aromatic carbocycles. The molecule has 0 saturated carbocycles. The lowest BCUT2D eigenvalue weighted by molar-refractivity contribution is -0.128. The second-order valence-corrected chi connectivity index (χ2v) is 8.45. The Morgan fingerprint density at radius 2 is 1.26 bits per heavy atom. The Morgan fingerprint density at radius 3 is 1.71 bits per heavy atom. The quantitative estimate of drug-likeness (QED) is 0.702. The van der Waals surface area contributed by atoms with Crippen LogP contribution >= 0.6 is 0 Å². The average Bonchev–Trinajstić information content (AvgIpc) is 2.77. The molecule has 2 amide bonds. The van der Waals surface area contributed by atoms with Gasteiger partial charge < -0.3 is 20.1 Å². The van der Waals surface area contributed by atoms with Gasteiger partial charge in [-0.05, 0) is 69.2 Å². The number of amides is 2.